The van der Waals surface area contributed by atoms with Crippen molar-refractivity contribution in [2.24, 2.45) is 0 Å². The van der Waals surface area contributed by atoms with Crippen LogP contribution in [0.1, 0.15) is 41.5 Å². The van der Waals surface area contributed by atoms with E-state index in [4.69, 9.17) is 5.26 Å². The van der Waals surface area contributed by atoms with Crippen LogP contribution in [-0.4, -0.2) is 32.0 Å². The molecule has 3 aromatic carbocycles. The summed E-state index contributed by atoms with van der Waals surface area (Å²) in [4.78, 5) is -0.320. The van der Waals surface area contributed by atoms with Crippen molar-refractivity contribution in [3.8, 4) is 6.07 Å². The average molecular weight is 602 g/mol. The highest BCUT2D eigenvalue weighted by Crippen LogP contribution is 2.54. The quantitative estimate of drug-likeness (QED) is 0.249. The summed E-state index contributed by atoms with van der Waals surface area (Å²) >= 11 is 0. The van der Waals surface area contributed by atoms with Gasteiger partial charge < -0.3 is 9.84 Å². The van der Waals surface area contributed by atoms with Crippen molar-refractivity contribution in [2.45, 2.75) is 59.6 Å². The van der Waals surface area contributed by atoms with Crippen LogP contribution in [0.5, 0.6) is 0 Å². The summed E-state index contributed by atoms with van der Waals surface area (Å²) in [6, 6.07) is 13.2. The van der Waals surface area contributed by atoms with Crippen LogP contribution < -0.4 is 0 Å². The first-order valence-corrected chi connectivity index (χ1v) is 13.6. The van der Waals surface area contributed by atoms with E-state index in [1.165, 1.54) is 18.2 Å². The molecule has 3 aromatic rings. The molecule has 1 aliphatic carbocycles. The minimum atomic E-state index is -6.00. The van der Waals surface area contributed by atoms with Gasteiger partial charge in [0.05, 0.1) is 29.2 Å². The number of sulfone groups is 1. The van der Waals surface area contributed by atoms with Crippen molar-refractivity contribution in [3.63, 3.8) is 0 Å². The van der Waals surface area contributed by atoms with E-state index in [1.54, 1.807) is 6.07 Å². The van der Waals surface area contributed by atoms with Gasteiger partial charge >= 0.3 is 12.4 Å². The van der Waals surface area contributed by atoms with Gasteiger partial charge in [0, 0.05) is 5.56 Å². The predicted octanol–water partition coefficient (Wildman–Crippen LogP) is 6.45. The molecule has 1 fully saturated rings. The third-order valence-corrected chi connectivity index (χ3v) is 9.74. The summed E-state index contributed by atoms with van der Waals surface area (Å²) in [5.41, 5.74) is -6.37. The predicted molar refractivity (Wildman–Crippen MR) is 131 cm³/mol. The molecule has 0 saturated heterocycles. The Morgan fingerprint density at radius 2 is 1.56 bits per heavy atom. The Morgan fingerprint density at radius 3 is 2.07 bits per heavy atom. The number of hydrogen-bond donors (Lipinski definition) is 1. The molecule has 0 spiro atoms. The van der Waals surface area contributed by atoms with E-state index >= 15 is 0 Å². The van der Waals surface area contributed by atoms with E-state index in [9.17, 15) is 44.3 Å². The zero-order valence-electron chi connectivity index (χ0n) is 21.0. The first-order valence-electron chi connectivity index (χ1n) is 12.1. The topological polar surface area (TPSA) is 87.4 Å². The van der Waals surface area contributed by atoms with Gasteiger partial charge in [-0.05, 0) is 66.8 Å². The van der Waals surface area contributed by atoms with Crippen molar-refractivity contribution >= 4 is 9.84 Å². The summed E-state index contributed by atoms with van der Waals surface area (Å²) in [7, 11) is -4.39. The molecule has 2 atom stereocenters. The fraction of sp³-hybridized carbons (Fsp3) is 0.321. The number of nitrogens with zero attached hydrogens (tertiary/aromatic N) is 1. The molecule has 2 unspecified atom stereocenters. The lowest BCUT2D eigenvalue weighted by Crippen LogP contribution is -2.55. The molecule has 1 aliphatic rings. The van der Waals surface area contributed by atoms with Crippen LogP contribution in [-0.2, 0) is 31.5 Å². The molecule has 0 heterocycles. The molecule has 5 nitrogen and oxygen atoms in total. The maximum Gasteiger partial charge on any atom is 0.430 e. The molecule has 13 heteroatoms. The molecule has 41 heavy (non-hydrogen) atoms. The van der Waals surface area contributed by atoms with Gasteiger partial charge in [0.25, 0.3) is 5.60 Å². The maximum absolute atomic E-state index is 14.3. The van der Waals surface area contributed by atoms with Gasteiger partial charge in [-0.2, -0.15) is 31.6 Å². The number of aliphatic hydroxyl groups excluding tert-OH is 1. The zero-order valence-corrected chi connectivity index (χ0v) is 21.8. The van der Waals surface area contributed by atoms with Crippen LogP contribution in [0, 0.1) is 17.1 Å². The van der Waals surface area contributed by atoms with Gasteiger partial charge in [-0.3, -0.25) is 0 Å². The number of nitriles is 1. The summed E-state index contributed by atoms with van der Waals surface area (Å²) in [6.45, 7) is -1.15. The molecule has 0 aliphatic heterocycles. The third kappa shape index (κ3) is 5.31. The lowest BCUT2D eigenvalue weighted by Gasteiger charge is -2.38. The van der Waals surface area contributed by atoms with E-state index in [0.29, 0.717) is 12.1 Å². The smallest absolute Gasteiger partial charge is 0.393 e. The first-order chi connectivity index (χ1) is 19.1. The molecule has 1 saturated carbocycles. The number of ether oxygens (including phenoxy) is 1. The Bertz CT molecular complexity index is 1530. The van der Waals surface area contributed by atoms with Crippen LogP contribution in [0.25, 0.3) is 0 Å². The van der Waals surface area contributed by atoms with Crippen molar-refractivity contribution in [1.29, 1.82) is 5.26 Å². The monoisotopic (exact) mass is 601 g/mol. The van der Waals surface area contributed by atoms with Crippen molar-refractivity contribution in [2.75, 3.05) is 0 Å². The van der Waals surface area contributed by atoms with E-state index in [2.05, 4.69) is 4.74 Å². The lowest BCUT2D eigenvalue weighted by molar-refractivity contribution is -0.392. The minimum absolute atomic E-state index is 0.00207. The molecule has 218 valence electrons. The number of alkyl halides is 6. The van der Waals surface area contributed by atoms with E-state index in [0.717, 1.165) is 42.5 Å². The average Bonchev–Trinajstić information content (AvgIpc) is 3.31. The fourth-order valence-electron chi connectivity index (χ4n) is 5.15. The number of benzene rings is 3. The van der Waals surface area contributed by atoms with Crippen LogP contribution >= 0.6 is 0 Å². The molecule has 0 bridgehead atoms. The van der Waals surface area contributed by atoms with E-state index in [1.807, 2.05) is 0 Å². The SMILES string of the molecule is N#Cc1cccc(COC(c2ccc(C3(S(=O)(=O)c4ccc(F)cc4)CCC(O)C3)cc2)(C(F)(F)F)C(F)(F)F)c1. The zero-order chi connectivity index (χ0) is 30.3. The van der Waals surface area contributed by atoms with Crippen LogP contribution in [0.15, 0.2) is 77.7 Å². The molecule has 0 aromatic heterocycles. The highest BCUT2D eigenvalue weighted by Gasteiger charge is 2.73. The first kappa shape index (κ1) is 30.5. The van der Waals surface area contributed by atoms with Gasteiger partial charge in [-0.15, -0.1) is 0 Å². The fourth-order valence-corrected chi connectivity index (χ4v) is 7.34. The second-order valence-electron chi connectivity index (χ2n) is 9.70. The Morgan fingerprint density at radius 1 is 0.951 bits per heavy atom. The minimum Gasteiger partial charge on any atom is -0.393 e. The third-order valence-electron chi connectivity index (χ3n) is 7.21. The highest BCUT2D eigenvalue weighted by molar-refractivity contribution is 7.92. The van der Waals surface area contributed by atoms with Crippen molar-refractivity contribution in [3.05, 3.63) is 101 Å². The van der Waals surface area contributed by atoms with Crippen LogP contribution in [0.2, 0.25) is 0 Å². The molecular formula is C28H22F7NO4S. The number of rotatable bonds is 7. The maximum atomic E-state index is 14.3. The summed E-state index contributed by atoms with van der Waals surface area (Å²) < 4.78 is 129. The van der Waals surface area contributed by atoms with Gasteiger partial charge in [0.15, 0.2) is 9.84 Å². The number of hydrogen-bond acceptors (Lipinski definition) is 5. The lowest BCUT2D eigenvalue weighted by atomic mass is 9.88. The second-order valence-corrected chi connectivity index (χ2v) is 12.0. The number of halogens is 7. The summed E-state index contributed by atoms with van der Waals surface area (Å²) in [5.74, 6) is -0.719. The Labute approximate surface area is 230 Å². The van der Waals surface area contributed by atoms with Crippen molar-refractivity contribution < 1.29 is 49.0 Å². The van der Waals surface area contributed by atoms with Crippen LogP contribution in [0.4, 0.5) is 30.7 Å². The largest absolute Gasteiger partial charge is 0.430 e. The van der Waals surface area contributed by atoms with Crippen molar-refractivity contribution in [1.82, 2.24) is 0 Å². The van der Waals surface area contributed by atoms with Gasteiger partial charge in [0.1, 0.15) is 10.6 Å². The van der Waals surface area contributed by atoms with Gasteiger partial charge in [-0.25, -0.2) is 12.8 Å². The highest BCUT2D eigenvalue weighted by atomic mass is 32.2. The molecule has 0 radical (unpaired) electrons. The molecule has 4 rings (SSSR count). The van der Waals surface area contributed by atoms with Gasteiger partial charge in [-0.1, -0.05) is 36.4 Å². The van der Waals surface area contributed by atoms with Gasteiger partial charge in [0.2, 0.25) is 0 Å². The Balaban J connectivity index is 1.81. The normalized spacial score (nSPS) is 20.1. The molecule has 0 amide bonds. The Hall–Kier alpha value is -3.47. The molecular weight excluding hydrogens is 579 g/mol. The van der Waals surface area contributed by atoms with E-state index < -0.39 is 56.6 Å². The summed E-state index contributed by atoms with van der Waals surface area (Å²) in [5, 5.41) is 19.2. The second kappa shape index (κ2) is 10.7. The van der Waals surface area contributed by atoms with Crippen LogP contribution in [0.3, 0.4) is 0 Å². The van der Waals surface area contributed by atoms with E-state index in [-0.39, 0.29) is 40.8 Å². The number of aliphatic hydroxyl groups is 1. The summed E-state index contributed by atoms with van der Waals surface area (Å²) in [6.07, 6.45) is -13.7. The Kier molecular flexibility index (Phi) is 7.99. The molecule has 1 N–H and O–H groups in total. The standard InChI is InChI=1S/C28H22F7NO4S/c29-22-8-10-24(11-9-22)41(38,39)25(13-12-23(37)15-25)20-4-6-21(7-5-20)26(27(30,31)32,28(33,34)35)40-17-19-3-1-2-18(14-19)16-36/h1-11,14,23,37H,12-13,15,17H2.